The van der Waals surface area contributed by atoms with Gasteiger partial charge in [0, 0.05) is 18.2 Å². The number of hydrogen-bond acceptors (Lipinski definition) is 5. The van der Waals surface area contributed by atoms with E-state index >= 15 is 0 Å². The van der Waals surface area contributed by atoms with E-state index in [4.69, 9.17) is 0 Å². The average Bonchev–Trinajstić information content (AvgIpc) is 3.02. The molecule has 3 aromatic rings. The smallest absolute Gasteiger partial charge is 0.243 e. The van der Waals surface area contributed by atoms with E-state index in [1.54, 1.807) is 4.52 Å². The van der Waals surface area contributed by atoms with Crippen LogP contribution in [0.5, 0.6) is 0 Å². The first-order chi connectivity index (χ1) is 12.7. The van der Waals surface area contributed by atoms with Crippen molar-refractivity contribution in [1.29, 1.82) is 0 Å². The number of aryl methyl sites for hydroxylation is 1. The maximum absolute atomic E-state index is 12.5. The molecule has 3 rings (SSSR count). The molecule has 0 saturated heterocycles. The Morgan fingerprint density at radius 3 is 2.59 bits per heavy atom. The lowest BCUT2D eigenvalue weighted by atomic mass is 9.96. The van der Waals surface area contributed by atoms with Gasteiger partial charge in [0.1, 0.15) is 5.82 Å². The molecule has 1 amide bonds. The van der Waals surface area contributed by atoms with Gasteiger partial charge in [-0.3, -0.25) is 4.79 Å². The summed E-state index contributed by atoms with van der Waals surface area (Å²) in [6.07, 6.45) is 0. The fraction of sp³-hybridized carbons (Fsp3) is 0.400. The summed E-state index contributed by atoms with van der Waals surface area (Å²) in [5, 5.41) is 16.0. The van der Waals surface area contributed by atoms with Crippen LogP contribution in [-0.2, 0) is 10.2 Å². The van der Waals surface area contributed by atoms with E-state index in [0.29, 0.717) is 11.5 Å². The molecule has 142 valence electrons. The highest BCUT2D eigenvalue weighted by Crippen LogP contribution is 2.21. The number of nitrogens with zero attached hydrogens (tertiary/aromatic N) is 5. The molecule has 2 heterocycles. The van der Waals surface area contributed by atoms with E-state index in [2.05, 4.69) is 41.4 Å². The molecule has 0 unspecified atom stereocenters. The Kier molecular flexibility index (Phi) is 4.87. The van der Waals surface area contributed by atoms with Gasteiger partial charge in [-0.2, -0.15) is 4.52 Å². The first kappa shape index (κ1) is 18.8. The van der Waals surface area contributed by atoms with Gasteiger partial charge < -0.3 is 10.2 Å². The maximum Gasteiger partial charge on any atom is 0.243 e. The van der Waals surface area contributed by atoms with E-state index < -0.39 is 0 Å². The molecular weight excluding hydrogens is 340 g/mol. The zero-order chi connectivity index (χ0) is 19.8. The normalized spacial score (nSPS) is 11.6. The molecule has 0 aliphatic rings. The van der Waals surface area contributed by atoms with Gasteiger partial charge in [0.25, 0.3) is 0 Å². The average molecular weight is 366 g/mol. The fourth-order valence-corrected chi connectivity index (χ4v) is 2.82. The van der Waals surface area contributed by atoms with E-state index in [1.165, 1.54) is 0 Å². The standard InChI is InChI=1S/C20H26N6O/c1-13-8-7-9-15(14(13)2)21-18(27)12-25(6)17-11-10-16-22-23-19(20(3,4)5)26(16)24-17/h7-11H,12H2,1-6H3,(H,21,27). The van der Waals surface area contributed by atoms with Gasteiger partial charge in [0.2, 0.25) is 5.91 Å². The SMILES string of the molecule is Cc1cccc(NC(=O)CN(C)c2ccc3nnc(C(C)(C)C)n3n2)c1C. The largest absolute Gasteiger partial charge is 0.349 e. The fourth-order valence-electron chi connectivity index (χ4n) is 2.82. The Bertz CT molecular complexity index is 986. The molecule has 0 radical (unpaired) electrons. The Balaban J connectivity index is 1.78. The highest BCUT2D eigenvalue weighted by Gasteiger charge is 2.22. The van der Waals surface area contributed by atoms with Crippen molar-refractivity contribution >= 4 is 23.1 Å². The number of aromatic nitrogens is 4. The number of rotatable bonds is 4. The number of carbonyl (C=O) groups excluding carboxylic acids is 1. The van der Waals surface area contributed by atoms with Gasteiger partial charge in [0.05, 0.1) is 6.54 Å². The Labute approximate surface area is 159 Å². The summed E-state index contributed by atoms with van der Waals surface area (Å²) in [6, 6.07) is 9.60. The molecule has 0 saturated carbocycles. The second-order valence-electron chi connectivity index (χ2n) is 7.89. The van der Waals surface area contributed by atoms with Gasteiger partial charge in [-0.1, -0.05) is 32.9 Å². The van der Waals surface area contributed by atoms with Crippen molar-refractivity contribution in [1.82, 2.24) is 19.8 Å². The van der Waals surface area contributed by atoms with Gasteiger partial charge in [-0.05, 0) is 43.2 Å². The lowest BCUT2D eigenvalue weighted by molar-refractivity contribution is -0.114. The second-order valence-corrected chi connectivity index (χ2v) is 7.89. The highest BCUT2D eigenvalue weighted by atomic mass is 16.2. The van der Waals surface area contributed by atoms with Crippen LogP contribution in [0.2, 0.25) is 0 Å². The first-order valence-corrected chi connectivity index (χ1v) is 8.97. The molecule has 0 spiro atoms. The summed E-state index contributed by atoms with van der Waals surface area (Å²) in [5.74, 6) is 1.38. The summed E-state index contributed by atoms with van der Waals surface area (Å²) in [5.41, 5.74) is 3.58. The molecule has 0 bridgehead atoms. The molecule has 0 aliphatic heterocycles. The van der Waals surface area contributed by atoms with Crippen LogP contribution in [-0.4, -0.2) is 39.3 Å². The quantitative estimate of drug-likeness (QED) is 0.768. The summed E-state index contributed by atoms with van der Waals surface area (Å²) in [4.78, 5) is 14.3. The van der Waals surface area contributed by atoms with Crippen molar-refractivity contribution in [2.24, 2.45) is 0 Å². The second kappa shape index (κ2) is 6.98. The van der Waals surface area contributed by atoms with Crippen LogP contribution < -0.4 is 10.2 Å². The summed E-state index contributed by atoms with van der Waals surface area (Å²) < 4.78 is 1.74. The van der Waals surface area contributed by atoms with Crippen molar-refractivity contribution in [2.75, 3.05) is 23.8 Å². The Hall–Kier alpha value is -2.96. The summed E-state index contributed by atoms with van der Waals surface area (Å²) in [7, 11) is 1.85. The molecule has 27 heavy (non-hydrogen) atoms. The van der Waals surface area contributed by atoms with E-state index in [0.717, 1.165) is 22.6 Å². The van der Waals surface area contributed by atoms with E-state index in [9.17, 15) is 4.79 Å². The number of carbonyl (C=O) groups is 1. The lowest BCUT2D eigenvalue weighted by Crippen LogP contribution is -2.31. The van der Waals surface area contributed by atoms with E-state index in [-0.39, 0.29) is 17.9 Å². The molecule has 0 fully saturated rings. The van der Waals surface area contributed by atoms with E-state index in [1.807, 2.05) is 56.1 Å². The Morgan fingerprint density at radius 2 is 1.89 bits per heavy atom. The third-order valence-electron chi connectivity index (χ3n) is 4.57. The molecule has 2 aromatic heterocycles. The van der Waals surface area contributed by atoms with Gasteiger partial charge >= 0.3 is 0 Å². The van der Waals surface area contributed by atoms with Crippen LogP contribution in [0, 0.1) is 13.8 Å². The molecule has 0 aliphatic carbocycles. The predicted octanol–water partition coefficient (Wildman–Crippen LogP) is 3.11. The van der Waals surface area contributed by atoms with Crippen LogP contribution in [0.4, 0.5) is 11.5 Å². The number of likely N-dealkylation sites (N-methyl/N-ethyl adjacent to an activating group) is 1. The lowest BCUT2D eigenvalue weighted by Gasteiger charge is -2.19. The molecule has 1 aromatic carbocycles. The van der Waals surface area contributed by atoms with Crippen LogP contribution in [0.15, 0.2) is 30.3 Å². The number of hydrogen-bond donors (Lipinski definition) is 1. The molecule has 7 nitrogen and oxygen atoms in total. The van der Waals surface area contributed by atoms with Crippen molar-refractivity contribution < 1.29 is 4.79 Å². The predicted molar refractivity (Wildman–Crippen MR) is 107 cm³/mol. The molecule has 7 heteroatoms. The Morgan fingerprint density at radius 1 is 1.15 bits per heavy atom. The number of amides is 1. The van der Waals surface area contributed by atoms with Crippen molar-refractivity contribution in [3.63, 3.8) is 0 Å². The molecular formula is C20H26N6O. The van der Waals surface area contributed by atoms with Crippen molar-refractivity contribution in [3.05, 3.63) is 47.3 Å². The summed E-state index contributed by atoms with van der Waals surface area (Å²) in [6.45, 7) is 10.4. The zero-order valence-corrected chi connectivity index (χ0v) is 16.7. The maximum atomic E-state index is 12.5. The van der Waals surface area contributed by atoms with Gasteiger partial charge in [-0.15, -0.1) is 15.3 Å². The highest BCUT2D eigenvalue weighted by molar-refractivity contribution is 5.94. The molecule has 1 N–H and O–H groups in total. The van der Waals surface area contributed by atoms with Crippen LogP contribution in [0.1, 0.15) is 37.7 Å². The van der Waals surface area contributed by atoms with Gasteiger partial charge in [0.15, 0.2) is 11.5 Å². The third kappa shape index (κ3) is 3.92. The minimum Gasteiger partial charge on any atom is -0.349 e. The monoisotopic (exact) mass is 366 g/mol. The molecule has 0 atom stereocenters. The van der Waals surface area contributed by atoms with Crippen LogP contribution in [0.25, 0.3) is 5.65 Å². The number of anilines is 2. The van der Waals surface area contributed by atoms with Gasteiger partial charge in [-0.25, -0.2) is 0 Å². The number of benzene rings is 1. The minimum atomic E-state index is -0.177. The zero-order valence-electron chi connectivity index (χ0n) is 16.7. The van der Waals surface area contributed by atoms with Crippen LogP contribution in [0.3, 0.4) is 0 Å². The van der Waals surface area contributed by atoms with Crippen molar-refractivity contribution in [2.45, 2.75) is 40.0 Å². The topological polar surface area (TPSA) is 75.4 Å². The third-order valence-corrected chi connectivity index (χ3v) is 4.57. The van der Waals surface area contributed by atoms with Crippen LogP contribution >= 0.6 is 0 Å². The minimum absolute atomic E-state index is 0.0899. The first-order valence-electron chi connectivity index (χ1n) is 8.97. The summed E-state index contributed by atoms with van der Waals surface area (Å²) >= 11 is 0. The van der Waals surface area contributed by atoms with Crippen molar-refractivity contribution in [3.8, 4) is 0 Å². The number of nitrogens with one attached hydrogen (secondary N) is 1. The number of fused-ring (bicyclic) bond motifs is 1.